The molecular weight excluding hydrogens is 689 g/mol. The fourth-order valence-corrected chi connectivity index (χ4v) is 10.6. The maximum Gasteiger partial charge on any atom is 0.164 e. The third-order valence-corrected chi connectivity index (χ3v) is 13.0. The standard InChI is InChI=1S/C50H32N4S/c1-49(2)37-17-7-6-15-33(37)34-26-24-32(28-41(34)49)47-52-46(31-13-4-3-5-14-31)53-48(54-47)36-16-12-20-40-45(36)35-25-23-30(29-51)27-42(35)50(40)38-18-8-10-21-43(38)55-44-22-11-9-19-39(44)50/h3-28H,1-2H3. The van der Waals surface area contributed by atoms with Crippen LogP contribution in [-0.2, 0) is 10.8 Å². The van der Waals surface area contributed by atoms with E-state index in [1.807, 2.05) is 36.0 Å². The summed E-state index contributed by atoms with van der Waals surface area (Å²) in [6.07, 6.45) is 0. The van der Waals surface area contributed by atoms with Crippen molar-refractivity contribution in [3.63, 3.8) is 0 Å². The lowest BCUT2D eigenvalue weighted by molar-refractivity contribution is 0.660. The quantitative estimate of drug-likeness (QED) is 0.182. The second kappa shape index (κ2) is 11.7. The van der Waals surface area contributed by atoms with Gasteiger partial charge in [-0.1, -0.05) is 153 Å². The highest BCUT2D eigenvalue weighted by atomic mass is 32.2. The summed E-state index contributed by atoms with van der Waals surface area (Å²) < 4.78 is 0. The number of fused-ring (bicyclic) bond motifs is 12. The molecule has 11 rings (SSSR count). The summed E-state index contributed by atoms with van der Waals surface area (Å²) >= 11 is 1.81. The van der Waals surface area contributed by atoms with Crippen LogP contribution in [0.4, 0.5) is 0 Å². The minimum atomic E-state index is -0.634. The first-order chi connectivity index (χ1) is 27.0. The van der Waals surface area contributed by atoms with Crippen LogP contribution in [0.25, 0.3) is 56.4 Å². The van der Waals surface area contributed by atoms with E-state index in [0.717, 1.165) is 38.9 Å². The molecule has 0 N–H and O–H groups in total. The second-order valence-electron chi connectivity index (χ2n) is 15.0. The van der Waals surface area contributed by atoms with Crippen molar-refractivity contribution in [3.8, 4) is 62.5 Å². The van der Waals surface area contributed by atoms with E-state index in [1.165, 1.54) is 43.2 Å². The molecule has 0 unspecified atom stereocenters. The van der Waals surface area contributed by atoms with Crippen molar-refractivity contribution in [3.05, 3.63) is 197 Å². The first-order valence-electron chi connectivity index (χ1n) is 18.6. The van der Waals surface area contributed by atoms with Crippen LogP contribution in [0.1, 0.15) is 52.8 Å². The third-order valence-electron chi connectivity index (χ3n) is 11.8. The zero-order chi connectivity index (χ0) is 36.9. The summed E-state index contributed by atoms with van der Waals surface area (Å²) in [6.45, 7) is 4.60. The Kier molecular flexibility index (Phi) is 6.78. The molecule has 7 aromatic carbocycles. The zero-order valence-corrected chi connectivity index (χ0v) is 31.0. The number of hydrogen-bond acceptors (Lipinski definition) is 5. The Morgan fingerprint density at radius 1 is 0.455 bits per heavy atom. The Morgan fingerprint density at radius 3 is 1.78 bits per heavy atom. The van der Waals surface area contributed by atoms with Crippen LogP contribution in [0.2, 0.25) is 0 Å². The van der Waals surface area contributed by atoms with Gasteiger partial charge in [-0.2, -0.15) is 5.26 Å². The highest BCUT2D eigenvalue weighted by molar-refractivity contribution is 7.99. The Balaban J connectivity index is 1.19. The molecule has 55 heavy (non-hydrogen) atoms. The fraction of sp³-hybridized carbons (Fsp3) is 0.0800. The van der Waals surface area contributed by atoms with Crippen LogP contribution in [0.15, 0.2) is 168 Å². The van der Waals surface area contributed by atoms with Crippen LogP contribution < -0.4 is 0 Å². The monoisotopic (exact) mass is 720 g/mol. The van der Waals surface area contributed by atoms with Crippen molar-refractivity contribution in [2.24, 2.45) is 0 Å². The first-order valence-corrected chi connectivity index (χ1v) is 19.4. The molecule has 0 saturated carbocycles. The lowest BCUT2D eigenvalue weighted by atomic mass is 9.67. The molecule has 1 spiro atoms. The smallest absolute Gasteiger partial charge is 0.164 e. The normalized spacial score (nSPS) is 14.6. The van der Waals surface area contributed by atoms with Gasteiger partial charge in [-0.15, -0.1) is 0 Å². The van der Waals surface area contributed by atoms with E-state index in [4.69, 9.17) is 15.0 Å². The van der Waals surface area contributed by atoms with Gasteiger partial charge in [0.25, 0.3) is 0 Å². The van der Waals surface area contributed by atoms with Crippen molar-refractivity contribution >= 4 is 11.8 Å². The Bertz CT molecular complexity index is 2910. The van der Waals surface area contributed by atoms with Gasteiger partial charge in [-0.25, -0.2) is 15.0 Å². The molecule has 2 aliphatic carbocycles. The number of hydrogen-bond donors (Lipinski definition) is 0. The fourth-order valence-electron chi connectivity index (χ4n) is 9.39. The molecule has 1 aromatic heterocycles. The summed E-state index contributed by atoms with van der Waals surface area (Å²) in [7, 11) is 0. The van der Waals surface area contributed by atoms with Gasteiger partial charge >= 0.3 is 0 Å². The van der Waals surface area contributed by atoms with Gasteiger partial charge < -0.3 is 0 Å². The number of benzene rings is 7. The van der Waals surface area contributed by atoms with E-state index in [1.54, 1.807) is 0 Å². The largest absolute Gasteiger partial charge is 0.208 e. The molecule has 5 heteroatoms. The number of aromatic nitrogens is 3. The predicted octanol–water partition coefficient (Wildman–Crippen LogP) is 11.9. The van der Waals surface area contributed by atoms with Crippen molar-refractivity contribution < 1.29 is 0 Å². The zero-order valence-electron chi connectivity index (χ0n) is 30.2. The summed E-state index contributed by atoms with van der Waals surface area (Å²) in [5.74, 6) is 1.87. The van der Waals surface area contributed by atoms with Crippen molar-refractivity contribution in [1.29, 1.82) is 5.26 Å². The topological polar surface area (TPSA) is 62.5 Å². The van der Waals surface area contributed by atoms with E-state index in [2.05, 4.69) is 153 Å². The molecular formula is C50H32N4S. The number of rotatable bonds is 3. The molecule has 4 nitrogen and oxygen atoms in total. The maximum atomic E-state index is 10.2. The van der Waals surface area contributed by atoms with E-state index < -0.39 is 5.41 Å². The van der Waals surface area contributed by atoms with Gasteiger partial charge in [0, 0.05) is 31.9 Å². The van der Waals surface area contributed by atoms with Gasteiger partial charge in [0.05, 0.1) is 17.0 Å². The molecule has 258 valence electrons. The molecule has 8 aromatic rings. The van der Waals surface area contributed by atoms with Crippen LogP contribution in [0, 0.1) is 11.3 Å². The Labute approximate surface area is 324 Å². The average molecular weight is 721 g/mol. The van der Waals surface area contributed by atoms with Gasteiger partial charge in [-0.05, 0) is 86.0 Å². The summed E-state index contributed by atoms with van der Waals surface area (Å²) in [4.78, 5) is 18.2. The first kappa shape index (κ1) is 31.9. The molecule has 1 aliphatic heterocycles. The van der Waals surface area contributed by atoms with E-state index in [9.17, 15) is 5.26 Å². The van der Waals surface area contributed by atoms with Gasteiger partial charge in [0.15, 0.2) is 17.5 Å². The molecule has 0 bridgehead atoms. The second-order valence-corrected chi connectivity index (χ2v) is 16.1. The lowest BCUT2D eigenvalue weighted by Crippen LogP contribution is -2.32. The number of nitrogens with zero attached hydrogens (tertiary/aromatic N) is 4. The molecule has 0 saturated heterocycles. The van der Waals surface area contributed by atoms with Crippen molar-refractivity contribution in [2.75, 3.05) is 0 Å². The van der Waals surface area contributed by atoms with E-state index in [-0.39, 0.29) is 5.41 Å². The lowest BCUT2D eigenvalue weighted by Gasteiger charge is -2.39. The molecule has 0 fully saturated rings. The van der Waals surface area contributed by atoms with Crippen LogP contribution in [-0.4, -0.2) is 15.0 Å². The van der Waals surface area contributed by atoms with Crippen LogP contribution >= 0.6 is 11.8 Å². The van der Waals surface area contributed by atoms with Gasteiger partial charge in [-0.3, -0.25) is 0 Å². The summed E-state index contributed by atoms with van der Waals surface area (Å²) in [6, 6.07) is 58.1. The SMILES string of the molecule is CC1(C)c2ccccc2-c2ccc(-c3nc(-c4ccccc4)nc(-c4cccc5c4-c4ccc(C#N)cc4C54c5ccccc5Sc5ccccc54)n3)cc21. The maximum absolute atomic E-state index is 10.2. The van der Waals surface area contributed by atoms with Crippen molar-refractivity contribution in [1.82, 2.24) is 15.0 Å². The highest BCUT2D eigenvalue weighted by Gasteiger charge is 2.51. The van der Waals surface area contributed by atoms with Crippen LogP contribution in [0.5, 0.6) is 0 Å². The minimum absolute atomic E-state index is 0.161. The van der Waals surface area contributed by atoms with E-state index in [0.29, 0.717) is 23.0 Å². The average Bonchev–Trinajstić information content (AvgIpc) is 3.66. The third kappa shape index (κ3) is 4.43. The molecule has 0 atom stereocenters. The van der Waals surface area contributed by atoms with Crippen LogP contribution in [0.3, 0.4) is 0 Å². The summed E-state index contributed by atoms with van der Waals surface area (Å²) in [5.41, 5.74) is 14.7. The number of nitriles is 1. The Morgan fingerprint density at radius 2 is 1.04 bits per heavy atom. The van der Waals surface area contributed by atoms with Crippen molar-refractivity contribution in [2.45, 2.75) is 34.5 Å². The molecule has 0 radical (unpaired) electrons. The Hall–Kier alpha value is -6.61. The minimum Gasteiger partial charge on any atom is -0.208 e. The van der Waals surface area contributed by atoms with Gasteiger partial charge in [0.2, 0.25) is 0 Å². The summed E-state index contributed by atoms with van der Waals surface area (Å²) in [5, 5.41) is 10.2. The highest BCUT2D eigenvalue weighted by Crippen LogP contribution is 2.63. The molecule has 2 heterocycles. The van der Waals surface area contributed by atoms with E-state index >= 15 is 0 Å². The van der Waals surface area contributed by atoms with Gasteiger partial charge in [0.1, 0.15) is 0 Å². The predicted molar refractivity (Wildman–Crippen MR) is 220 cm³/mol. The molecule has 0 amide bonds. The molecule has 3 aliphatic rings.